The van der Waals surface area contributed by atoms with Gasteiger partial charge in [-0.05, 0) is 37.5 Å². The van der Waals surface area contributed by atoms with Crippen LogP contribution in [0, 0.1) is 0 Å². The quantitative estimate of drug-likeness (QED) is 0.825. The van der Waals surface area contributed by atoms with E-state index in [1.54, 1.807) is 6.92 Å². The summed E-state index contributed by atoms with van der Waals surface area (Å²) in [7, 11) is 0. The van der Waals surface area contributed by atoms with Gasteiger partial charge in [-0.25, -0.2) is 0 Å². The number of carbonyl (C=O) groups excluding carboxylic acids is 1. The van der Waals surface area contributed by atoms with Gasteiger partial charge in [0.2, 0.25) is 5.91 Å². The van der Waals surface area contributed by atoms with Crippen LogP contribution in [0.3, 0.4) is 0 Å². The number of rotatable bonds is 3. The van der Waals surface area contributed by atoms with E-state index in [2.05, 4.69) is 0 Å². The molecule has 1 heterocycles. The Morgan fingerprint density at radius 2 is 2.12 bits per heavy atom. The number of benzene rings is 1. The van der Waals surface area contributed by atoms with E-state index in [0.717, 1.165) is 30.6 Å². The molecule has 1 aromatic rings. The summed E-state index contributed by atoms with van der Waals surface area (Å²) < 4.78 is 0. The molecule has 1 amide bonds. The third-order valence-electron chi connectivity index (χ3n) is 3.29. The van der Waals surface area contributed by atoms with Crippen molar-refractivity contribution in [3.8, 4) is 0 Å². The van der Waals surface area contributed by atoms with Crippen molar-refractivity contribution in [1.82, 2.24) is 0 Å². The van der Waals surface area contributed by atoms with Crippen LogP contribution in [-0.4, -0.2) is 23.6 Å². The van der Waals surface area contributed by atoms with E-state index < -0.39 is 6.10 Å². The summed E-state index contributed by atoms with van der Waals surface area (Å²) in [5, 5.41) is 9.43. The Morgan fingerprint density at radius 1 is 1.47 bits per heavy atom. The van der Waals surface area contributed by atoms with Gasteiger partial charge in [-0.15, -0.1) is 0 Å². The van der Waals surface area contributed by atoms with E-state index in [1.807, 2.05) is 29.2 Å². The molecule has 0 aromatic heterocycles. The Hall–Kier alpha value is -1.55. The summed E-state index contributed by atoms with van der Waals surface area (Å²) in [5.41, 5.74) is 7.26. The van der Waals surface area contributed by atoms with Crippen LogP contribution in [0.15, 0.2) is 24.3 Å². The van der Waals surface area contributed by atoms with E-state index in [1.165, 1.54) is 0 Å². The zero-order valence-corrected chi connectivity index (χ0v) is 9.97. The fourth-order valence-corrected chi connectivity index (χ4v) is 2.32. The molecule has 0 spiro atoms. The molecule has 0 aliphatic carbocycles. The summed E-state index contributed by atoms with van der Waals surface area (Å²) in [4.78, 5) is 13.3. The van der Waals surface area contributed by atoms with Gasteiger partial charge in [0, 0.05) is 12.2 Å². The molecule has 0 saturated carbocycles. The van der Waals surface area contributed by atoms with Gasteiger partial charge in [-0.1, -0.05) is 12.1 Å². The highest BCUT2D eigenvalue weighted by molar-refractivity contribution is 5.84. The highest BCUT2D eigenvalue weighted by atomic mass is 16.3. The predicted octanol–water partition coefficient (Wildman–Crippen LogP) is 1.19. The lowest BCUT2D eigenvalue weighted by atomic mass is 10.1. The second-order valence-electron chi connectivity index (χ2n) is 4.52. The first kappa shape index (κ1) is 11.9. The van der Waals surface area contributed by atoms with Crippen LogP contribution in [0.5, 0.6) is 0 Å². The number of amides is 1. The molecule has 1 aliphatic heterocycles. The highest BCUT2D eigenvalue weighted by Crippen LogP contribution is 2.26. The number of carbonyl (C=O) groups is 1. The maximum Gasteiger partial charge on any atom is 0.240 e. The first-order valence-electron chi connectivity index (χ1n) is 5.93. The number of aliphatic hydroxyl groups excluding tert-OH is 1. The summed E-state index contributed by atoms with van der Waals surface area (Å²) in [6, 6.07) is 7.45. The third-order valence-corrected chi connectivity index (χ3v) is 3.29. The van der Waals surface area contributed by atoms with Crippen LogP contribution in [0.4, 0.5) is 5.69 Å². The van der Waals surface area contributed by atoms with Crippen LogP contribution in [0.25, 0.3) is 0 Å². The van der Waals surface area contributed by atoms with E-state index in [-0.39, 0.29) is 11.9 Å². The number of hydrogen-bond acceptors (Lipinski definition) is 3. The summed E-state index contributed by atoms with van der Waals surface area (Å²) in [6.45, 7) is 2.60. The van der Waals surface area contributed by atoms with Crippen LogP contribution in [0.1, 0.15) is 31.4 Å². The molecule has 4 heteroatoms. The Morgan fingerprint density at radius 3 is 2.65 bits per heavy atom. The molecule has 92 valence electrons. The predicted molar refractivity (Wildman–Crippen MR) is 66.6 cm³/mol. The lowest BCUT2D eigenvalue weighted by Gasteiger charge is -2.24. The molecule has 2 rings (SSSR count). The standard InChI is InChI=1S/C13H18N2O2/c1-9(16)10-4-6-11(7-5-10)15-8-2-3-12(15)13(14)17/h4-7,9,12,16H,2-3,8H2,1H3,(H2,14,17)/t9-,12?/m1/s1. The number of aliphatic hydroxyl groups is 1. The molecule has 17 heavy (non-hydrogen) atoms. The number of anilines is 1. The average Bonchev–Trinajstić information content (AvgIpc) is 2.78. The van der Waals surface area contributed by atoms with Gasteiger partial charge in [0.05, 0.1) is 6.10 Å². The fourth-order valence-electron chi connectivity index (χ4n) is 2.32. The second-order valence-corrected chi connectivity index (χ2v) is 4.52. The summed E-state index contributed by atoms with van der Waals surface area (Å²) in [5.74, 6) is -0.262. The molecular weight excluding hydrogens is 216 g/mol. The number of hydrogen-bond donors (Lipinski definition) is 2. The lowest BCUT2D eigenvalue weighted by Crippen LogP contribution is -2.40. The Bertz CT molecular complexity index is 400. The van der Waals surface area contributed by atoms with E-state index in [0.29, 0.717) is 0 Å². The molecule has 4 nitrogen and oxygen atoms in total. The van der Waals surface area contributed by atoms with Gasteiger partial charge in [-0.2, -0.15) is 0 Å². The zero-order chi connectivity index (χ0) is 12.4. The SMILES string of the molecule is C[C@@H](O)c1ccc(N2CCCC2C(N)=O)cc1. The van der Waals surface area contributed by atoms with Crippen molar-refractivity contribution in [2.24, 2.45) is 5.73 Å². The Balaban J connectivity index is 2.19. The zero-order valence-electron chi connectivity index (χ0n) is 9.97. The molecule has 0 bridgehead atoms. The van der Waals surface area contributed by atoms with Crippen LogP contribution in [-0.2, 0) is 4.79 Å². The van der Waals surface area contributed by atoms with Crippen LogP contribution in [0.2, 0.25) is 0 Å². The van der Waals surface area contributed by atoms with Crippen molar-refractivity contribution < 1.29 is 9.90 Å². The molecule has 1 unspecified atom stereocenters. The molecule has 0 radical (unpaired) electrons. The minimum atomic E-state index is -0.463. The molecule has 1 aromatic carbocycles. The first-order valence-corrected chi connectivity index (χ1v) is 5.93. The topological polar surface area (TPSA) is 66.6 Å². The van der Waals surface area contributed by atoms with Gasteiger partial charge >= 0.3 is 0 Å². The average molecular weight is 234 g/mol. The van der Waals surface area contributed by atoms with Crippen molar-refractivity contribution in [3.63, 3.8) is 0 Å². The Labute approximate surface area is 101 Å². The van der Waals surface area contributed by atoms with E-state index >= 15 is 0 Å². The molecule has 1 saturated heterocycles. The first-order chi connectivity index (χ1) is 8.09. The maximum atomic E-state index is 11.3. The molecule has 1 aliphatic rings. The van der Waals surface area contributed by atoms with Crippen molar-refractivity contribution in [3.05, 3.63) is 29.8 Å². The number of nitrogens with two attached hydrogens (primary N) is 1. The largest absolute Gasteiger partial charge is 0.389 e. The number of nitrogens with zero attached hydrogens (tertiary/aromatic N) is 1. The van der Waals surface area contributed by atoms with Crippen molar-refractivity contribution in [2.45, 2.75) is 31.9 Å². The third kappa shape index (κ3) is 2.42. The van der Waals surface area contributed by atoms with Gasteiger partial charge in [-0.3, -0.25) is 4.79 Å². The summed E-state index contributed by atoms with van der Waals surface area (Å²) >= 11 is 0. The highest BCUT2D eigenvalue weighted by Gasteiger charge is 2.28. The lowest BCUT2D eigenvalue weighted by molar-refractivity contribution is -0.119. The van der Waals surface area contributed by atoms with Gasteiger partial charge in [0.15, 0.2) is 0 Å². The van der Waals surface area contributed by atoms with E-state index in [4.69, 9.17) is 5.73 Å². The van der Waals surface area contributed by atoms with Crippen molar-refractivity contribution in [2.75, 3.05) is 11.4 Å². The van der Waals surface area contributed by atoms with Gasteiger partial charge in [0.1, 0.15) is 6.04 Å². The minimum Gasteiger partial charge on any atom is -0.389 e. The molecule has 3 N–H and O–H groups in total. The second kappa shape index (κ2) is 4.75. The Kier molecular flexibility index (Phi) is 3.33. The normalized spacial score (nSPS) is 21.5. The van der Waals surface area contributed by atoms with Gasteiger partial charge < -0.3 is 15.7 Å². The number of primary amides is 1. The molecular formula is C13H18N2O2. The van der Waals surface area contributed by atoms with Crippen molar-refractivity contribution >= 4 is 11.6 Å². The fraction of sp³-hybridized carbons (Fsp3) is 0.462. The monoisotopic (exact) mass is 234 g/mol. The molecule has 1 fully saturated rings. The summed E-state index contributed by atoms with van der Waals surface area (Å²) in [6.07, 6.45) is 1.36. The van der Waals surface area contributed by atoms with Crippen molar-refractivity contribution in [1.29, 1.82) is 0 Å². The van der Waals surface area contributed by atoms with Crippen LogP contribution >= 0.6 is 0 Å². The maximum absolute atomic E-state index is 11.3. The van der Waals surface area contributed by atoms with Gasteiger partial charge in [0.25, 0.3) is 0 Å². The molecule has 2 atom stereocenters. The smallest absolute Gasteiger partial charge is 0.240 e. The van der Waals surface area contributed by atoms with E-state index in [9.17, 15) is 9.90 Å². The van der Waals surface area contributed by atoms with Crippen LogP contribution < -0.4 is 10.6 Å². The minimum absolute atomic E-state index is 0.188.